The van der Waals surface area contributed by atoms with Crippen molar-refractivity contribution < 1.29 is 10.9 Å². The lowest BCUT2D eigenvalue weighted by Gasteiger charge is -2.06. The normalized spacial score (nSPS) is 11.2. The van der Waals surface area contributed by atoms with Crippen molar-refractivity contribution in [3.8, 4) is 16.9 Å². The van der Waals surface area contributed by atoms with Gasteiger partial charge in [-0.05, 0) is 29.7 Å². The van der Waals surface area contributed by atoms with E-state index in [1.807, 2.05) is 36.4 Å². The van der Waals surface area contributed by atoms with Crippen LogP contribution >= 0.6 is 0 Å². The van der Waals surface area contributed by atoms with Gasteiger partial charge >= 0.3 is 5.97 Å². The van der Waals surface area contributed by atoms with E-state index in [1.165, 1.54) is 44.9 Å². The van der Waals surface area contributed by atoms with Gasteiger partial charge in [0.15, 0.2) is 0 Å². The van der Waals surface area contributed by atoms with Gasteiger partial charge in [0.1, 0.15) is 5.75 Å². The summed E-state index contributed by atoms with van der Waals surface area (Å²) in [4.78, 5) is 12.0. The molecule has 0 saturated carbocycles. The molecule has 0 saturated heterocycles. The highest BCUT2D eigenvalue weighted by Gasteiger charge is 2.05. The molecule has 0 heterocycles. The van der Waals surface area contributed by atoms with Crippen molar-refractivity contribution in [3.05, 3.63) is 54.6 Å². The maximum atomic E-state index is 12.0. The Morgan fingerprint density at radius 1 is 0.808 bits per heavy atom. The van der Waals surface area contributed by atoms with E-state index in [-0.39, 0.29) is 5.97 Å². The summed E-state index contributed by atoms with van der Waals surface area (Å²) in [5.74, 6) is 0.445. The summed E-state index contributed by atoms with van der Waals surface area (Å²) in [6, 6.07) is 15.4. The Morgan fingerprint density at radius 2 is 1.35 bits per heavy atom. The highest BCUT2D eigenvalue weighted by molar-refractivity contribution is 5.73. The summed E-state index contributed by atoms with van der Waals surface area (Å²) in [6.07, 6.45) is 11.7. The van der Waals surface area contributed by atoms with Gasteiger partial charge in [-0.2, -0.15) is 0 Å². The maximum Gasteiger partial charge on any atom is 0.311 e. The number of benzene rings is 2. The summed E-state index contributed by atoms with van der Waals surface area (Å²) >= 11 is 0. The second-order valence-electron chi connectivity index (χ2n) is 6.87. The smallest absolute Gasteiger partial charge is 0.311 e. The second kappa shape index (κ2) is 12.3. The third-order valence-corrected chi connectivity index (χ3v) is 4.62. The summed E-state index contributed by atoms with van der Waals surface area (Å²) in [7, 11) is 0. The number of unbranched alkanes of at least 4 members (excludes halogenated alkanes) is 8. The lowest BCUT2D eigenvalue weighted by molar-refractivity contribution is -0.134. The van der Waals surface area contributed by atoms with Crippen molar-refractivity contribution in [2.24, 2.45) is 0 Å². The van der Waals surface area contributed by atoms with Crippen LogP contribution in [0.1, 0.15) is 72.5 Å². The minimum atomic E-state index is -0.149. The van der Waals surface area contributed by atoms with E-state index in [0.29, 0.717) is 18.2 Å². The first-order valence-corrected chi connectivity index (χ1v) is 10.1. The SMILES string of the molecule is [2H]c1ccc(-c2ccc(OC(=O)CCCCCCCCCCC)cc2)cc1. The number of carbonyl (C=O) groups is 1. The highest BCUT2D eigenvalue weighted by Crippen LogP contribution is 2.22. The maximum absolute atomic E-state index is 12.0. The van der Waals surface area contributed by atoms with Crippen LogP contribution in [0, 0.1) is 0 Å². The Labute approximate surface area is 160 Å². The molecule has 0 aliphatic rings. The van der Waals surface area contributed by atoms with Crippen molar-refractivity contribution >= 4 is 5.97 Å². The van der Waals surface area contributed by atoms with Crippen molar-refractivity contribution in [1.29, 1.82) is 0 Å². The molecular weight excluding hydrogens is 320 g/mol. The molecule has 2 nitrogen and oxygen atoms in total. The van der Waals surface area contributed by atoms with Crippen LogP contribution in [0.5, 0.6) is 5.75 Å². The summed E-state index contributed by atoms with van der Waals surface area (Å²) in [6.45, 7) is 2.24. The number of carbonyl (C=O) groups excluding carboxylic acids is 1. The van der Waals surface area contributed by atoms with Crippen LogP contribution in [-0.4, -0.2) is 5.97 Å². The van der Waals surface area contributed by atoms with Crippen molar-refractivity contribution in [2.45, 2.75) is 71.1 Å². The van der Waals surface area contributed by atoms with Crippen molar-refractivity contribution in [3.63, 3.8) is 0 Å². The zero-order valence-corrected chi connectivity index (χ0v) is 16.0. The molecule has 0 N–H and O–H groups in total. The number of rotatable bonds is 12. The van der Waals surface area contributed by atoms with E-state index >= 15 is 0 Å². The summed E-state index contributed by atoms with van der Waals surface area (Å²) in [5.41, 5.74) is 2.10. The Kier molecular flexibility index (Phi) is 8.84. The fourth-order valence-corrected chi connectivity index (χ4v) is 3.06. The van der Waals surface area contributed by atoms with Crippen LogP contribution in [0.3, 0.4) is 0 Å². The molecule has 0 unspecified atom stereocenters. The van der Waals surface area contributed by atoms with Gasteiger partial charge in [-0.3, -0.25) is 4.79 Å². The van der Waals surface area contributed by atoms with Gasteiger partial charge in [-0.1, -0.05) is 101 Å². The molecule has 2 aromatic rings. The highest BCUT2D eigenvalue weighted by atomic mass is 16.5. The molecule has 140 valence electrons. The minimum Gasteiger partial charge on any atom is -0.427 e. The molecule has 2 rings (SSSR count). The van der Waals surface area contributed by atoms with E-state index < -0.39 is 0 Å². The third-order valence-electron chi connectivity index (χ3n) is 4.62. The van der Waals surface area contributed by atoms with Crippen molar-refractivity contribution in [2.75, 3.05) is 0 Å². The summed E-state index contributed by atoms with van der Waals surface area (Å²) < 4.78 is 13.0. The fraction of sp³-hybridized carbons (Fsp3) is 0.458. The van der Waals surface area contributed by atoms with E-state index in [2.05, 4.69) is 6.92 Å². The average molecular weight is 354 g/mol. The number of hydrogen-bond acceptors (Lipinski definition) is 2. The molecule has 0 atom stereocenters. The largest absolute Gasteiger partial charge is 0.427 e. The quantitative estimate of drug-likeness (QED) is 0.229. The van der Waals surface area contributed by atoms with Gasteiger partial charge in [0, 0.05) is 6.42 Å². The minimum absolute atomic E-state index is 0.149. The first-order chi connectivity index (χ1) is 13.2. The van der Waals surface area contributed by atoms with Crippen molar-refractivity contribution in [1.82, 2.24) is 0 Å². The Hall–Kier alpha value is -2.09. The predicted molar refractivity (Wildman–Crippen MR) is 109 cm³/mol. The topological polar surface area (TPSA) is 26.3 Å². The monoisotopic (exact) mass is 353 g/mol. The second-order valence-corrected chi connectivity index (χ2v) is 6.87. The van der Waals surface area contributed by atoms with Gasteiger partial charge < -0.3 is 4.74 Å². The first-order valence-electron chi connectivity index (χ1n) is 10.6. The van der Waals surface area contributed by atoms with E-state index in [4.69, 9.17) is 6.11 Å². The molecule has 0 radical (unpaired) electrons. The average Bonchev–Trinajstić information content (AvgIpc) is 2.68. The zero-order chi connectivity index (χ0) is 19.3. The van der Waals surface area contributed by atoms with Crippen LogP contribution < -0.4 is 4.74 Å². The van der Waals surface area contributed by atoms with Crippen LogP contribution in [0.4, 0.5) is 0 Å². The Morgan fingerprint density at radius 3 is 1.96 bits per heavy atom. The molecule has 0 aliphatic heterocycles. The van der Waals surface area contributed by atoms with Gasteiger partial charge in [0.2, 0.25) is 0 Å². The molecule has 2 aromatic carbocycles. The molecule has 2 heteroatoms. The fourth-order valence-electron chi connectivity index (χ4n) is 3.06. The molecule has 0 amide bonds. The standard InChI is InChI=1S/C24H32O2/c1-2-3-4-5-6-7-8-9-13-16-24(25)26-23-19-17-22(18-20-23)21-14-11-10-12-15-21/h10-12,14-15,17-20H,2-9,13,16H2,1H3/i10D. The molecule has 0 aromatic heterocycles. The van der Waals surface area contributed by atoms with Gasteiger partial charge in [0.25, 0.3) is 0 Å². The lowest BCUT2D eigenvalue weighted by atomic mass is 10.1. The van der Waals surface area contributed by atoms with Gasteiger partial charge in [-0.25, -0.2) is 0 Å². The molecule has 0 aliphatic carbocycles. The Bertz CT molecular complexity index is 662. The van der Waals surface area contributed by atoms with E-state index in [1.54, 1.807) is 12.1 Å². The van der Waals surface area contributed by atoms with Crippen LogP contribution in [0.2, 0.25) is 0 Å². The number of esters is 1. The van der Waals surface area contributed by atoms with Crippen LogP contribution in [0.15, 0.2) is 54.6 Å². The molecule has 0 bridgehead atoms. The van der Waals surface area contributed by atoms with Gasteiger partial charge in [0.05, 0.1) is 1.37 Å². The van der Waals surface area contributed by atoms with E-state index in [0.717, 1.165) is 24.0 Å². The van der Waals surface area contributed by atoms with Crippen LogP contribution in [0.25, 0.3) is 11.1 Å². The molecule has 26 heavy (non-hydrogen) atoms. The summed E-state index contributed by atoms with van der Waals surface area (Å²) in [5, 5.41) is 0. The molecular formula is C24H32O2. The lowest BCUT2D eigenvalue weighted by Crippen LogP contribution is -2.07. The third kappa shape index (κ3) is 7.86. The molecule has 0 spiro atoms. The molecule has 0 fully saturated rings. The van der Waals surface area contributed by atoms with E-state index in [9.17, 15) is 4.79 Å². The first kappa shape index (κ1) is 18.7. The Balaban J connectivity index is 1.62. The van der Waals surface area contributed by atoms with Crippen LogP contribution in [-0.2, 0) is 4.79 Å². The van der Waals surface area contributed by atoms with Gasteiger partial charge in [-0.15, -0.1) is 0 Å². The number of hydrogen-bond donors (Lipinski definition) is 0. The zero-order valence-electron chi connectivity index (χ0n) is 17.0. The number of ether oxygens (including phenoxy) is 1. The predicted octanol–water partition coefficient (Wildman–Crippen LogP) is 7.18.